The first kappa shape index (κ1) is 64.1. The highest BCUT2D eigenvalue weighted by Gasteiger charge is 2.33. The Morgan fingerprint density at radius 3 is 1.16 bits per heavy atom. The lowest BCUT2D eigenvalue weighted by Crippen LogP contribution is -2.60. The first-order chi connectivity index (χ1) is 31.8. The average Bonchev–Trinajstić information content (AvgIpc) is 3.27. The molecule has 0 saturated carbocycles. The molecule has 18 N–H and O–H groups in total. The predicted molar refractivity (Wildman–Crippen MR) is 256 cm³/mol. The third-order valence-electron chi connectivity index (χ3n) is 9.94. The van der Waals surface area contributed by atoms with E-state index in [1.807, 2.05) is 0 Å². The number of nitrogens with one attached hydrogen (secondary N) is 9. The fraction of sp³-hybridized carbons (Fsp3) is 0.795. The van der Waals surface area contributed by atoms with Crippen molar-refractivity contribution in [2.45, 2.75) is 174 Å². The Kier molecular flexibility index (Phi) is 37.4. The molecule has 0 saturated heterocycles. The summed E-state index contributed by atoms with van der Waals surface area (Å²) in [7, 11) is 0. The second kappa shape index (κ2) is 39.1. The van der Waals surface area contributed by atoms with Gasteiger partial charge in [0.1, 0.15) is 36.3 Å². The van der Waals surface area contributed by atoms with Crippen molar-refractivity contribution >= 4 is 53.2 Å². The molecule has 0 bridgehead atoms. The summed E-state index contributed by atoms with van der Waals surface area (Å²) >= 11 is 0. The number of carbonyl (C=O) groups is 9. The van der Waals surface area contributed by atoms with Crippen LogP contribution in [0.5, 0.6) is 0 Å². The van der Waals surface area contributed by atoms with Gasteiger partial charge in [0.15, 0.2) is 0 Å². The van der Waals surface area contributed by atoms with E-state index >= 15 is 0 Å². The van der Waals surface area contributed by atoms with E-state index in [9.17, 15) is 48.3 Å². The number of carbonyl (C=O) groups excluding carboxylic acids is 9. The SMILES string of the molecule is CCCC(=O)N[C@@H](CCN)C(=O)NCC(=O)N[C@@H](CCN)C(=O)NCC(=O)N[C@@H](CC(C)C)C(=O)N[C@@H](CCN)C(=O)N[C@@H](CCN)C(=O)N[C@H](C(=O)NCC)[C@@H](C)O.CCCCCCCC. The Balaban J connectivity index is 0. The molecule has 0 heterocycles. The number of nitrogens with two attached hydrogens (primary N) is 4. The molecule has 0 aliphatic rings. The van der Waals surface area contributed by atoms with Crippen LogP contribution in [-0.4, -0.2) is 146 Å². The topological polar surface area (TPSA) is 386 Å². The maximum atomic E-state index is 13.5. The highest BCUT2D eigenvalue weighted by atomic mass is 16.3. The summed E-state index contributed by atoms with van der Waals surface area (Å²) in [6.07, 6.45) is 8.11. The first-order valence-corrected chi connectivity index (χ1v) is 23.9. The molecule has 0 aliphatic carbocycles. The zero-order valence-electron chi connectivity index (χ0n) is 41.2. The van der Waals surface area contributed by atoms with E-state index in [1.54, 1.807) is 27.7 Å². The van der Waals surface area contributed by atoms with E-state index < -0.39 is 103 Å². The van der Waals surface area contributed by atoms with Crippen LogP contribution >= 0.6 is 0 Å². The van der Waals surface area contributed by atoms with Crippen LogP contribution in [0.1, 0.15) is 132 Å². The van der Waals surface area contributed by atoms with Crippen molar-refractivity contribution in [3.63, 3.8) is 0 Å². The summed E-state index contributed by atoms with van der Waals surface area (Å²) in [5.41, 5.74) is 22.6. The number of unbranched alkanes of at least 4 members (excludes halogenated alkanes) is 5. The molecular formula is C44H87N13O10. The van der Waals surface area contributed by atoms with E-state index in [2.05, 4.69) is 61.7 Å². The van der Waals surface area contributed by atoms with Gasteiger partial charge in [0, 0.05) is 13.0 Å². The zero-order chi connectivity index (χ0) is 51.3. The van der Waals surface area contributed by atoms with Crippen molar-refractivity contribution in [1.82, 2.24) is 47.9 Å². The number of aliphatic hydroxyl groups is 1. The molecule has 0 radical (unpaired) electrons. The fourth-order valence-corrected chi connectivity index (χ4v) is 6.35. The van der Waals surface area contributed by atoms with Crippen molar-refractivity contribution in [2.24, 2.45) is 28.9 Å². The van der Waals surface area contributed by atoms with Crippen LogP contribution in [-0.2, 0) is 43.2 Å². The minimum Gasteiger partial charge on any atom is -0.391 e. The predicted octanol–water partition coefficient (Wildman–Crippen LogP) is -2.75. The summed E-state index contributed by atoms with van der Waals surface area (Å²) in [6, 6.07) is -7.16. The number of rotatable bonds is 35. The van der Waals surface area contributed by atoms with Crippen molar-refractivity contribution in [2.75, 3.05) is 45.8 Å². The Morgan fingerprint density at radius 1 is 0.433 bits per heavy atom. The molecule has 388 valence electrons. The molecule has 23 nitrogen and oxygen atoms in total. The lowest BCUT2D eigenvalue weighted by molar-refractivity contribution is -0.135. The molecule has 0 spiro atoms. The van der Waals surface area contributed by atoms with E-state index in [0.717, 1.165) is 0 Å². The molecule has 0 aromatic rings. The van der Waals surface area contributed by atoms with Crippen molar-refractivity contribution < 1.29 is 48.3 Å². The monoisotopic (exact) mass is 958 g/mol. The second-order valence-electron chi connectivity index (χ2n) is 16.6. The molecule has 0 rings (SSSR count). The third kappa shape index (κ3) is 30.1. The fourth-order valence-electron chi connectivity index (χ4n) is 6.35. The molecular weight excluding hydrogens is 871 g/mol. The van der Waals surface area contributed by atoms with Gasteiger partial charge in [0.2, 0.25) is 53.2 Å². The highest BCUT2D eigenvalue weighted by molar-refractivity contribution is 5.97. The number of amides is 9. The summed E-state index contributed by atoms with van der Waals surface area (Å²) < 4.78 is 0. The maximum absolute atomic E-state index is 13.5. The molecule has 0 aromatic carbocycles. The van der Waals surface area contributed by atoms with Gasteiger partial charge in [-0.3, -0.25) is 43.2 Å². The molecule has 23 heteroatoms. The smallest absolute Gasteiger partial charge is 0.245 e. The molecule has 67 heavy (non-hydrogen) atoms. The minimum atomic E-state index is -1.32. The normalized spacial score (nSPS) is 13.9. The van der Waals surface area contributed by atoms with Crippen LogP contribution in [0.3, 0.4) is 0 Å². The largest absolute Gasteiger partial charge is 0.391 e. The van der Waals surface area contributed by atoms with E-state index in [-0.39, 0.29) is 83.1 Å². The maximum Gasteiger partial charge on any atom is 0.245 e. The van der Waals surface area contributed by atoms with Crippen LogP contribution < -0.4 is 70.8 Å². The van der Waals surface area contributed by atoms with Gasteiger partial charge < -0.3 is 75.9 Å². The van der Waals surface area contributed by atoms with Crippen LogP contribution in [0.2, 0.25) is 0 Å². The van der Waals surface area contributed by atoms with Crippen molar-refractivity contribution in [3.8, 4) is 0 Å². The van der Waals surface area contributed by atoms with E-state index in [4.69, 9.17) is 22.9 Å². The number of hydrogen-bond donors (Lipinski definition) is 14. The average molecular weight is 958 g/mol. The van der Waals surface area contributed by atoms with E-state index in [1.165, 1.54) is 45.4 Å². The standard InChI is InChI=1S/C36H69N13O10.C8H18/c1-6-8-27(51)44-22(9-13-37)31(54)42-18-28(52)45-23(10-14-38)32(55)43-19-29(53)46-26(17-20(3)4)35(58)48-24(11-15-39)33(56)47-25(12-16-40)34(57)49-30(21(5)50)36(59)41-7-2;1-3-5-7-8-6-4-2/h20-26,30,50H,6-19,37-40H2,1-5H3,(H,41,59)(H,42,54)(H,43,55)(H,44,51)(H,45,52)(H,46,53)(H,47,56)(H,48,58)(H,49,57);3-8H2,1-2H3/t21-,22+,23+,24+,25+,26+,30+;/m1./s1. The van der Waals surface area contributed by atoms with E-state index in [0.29, 0.717) is 6.42 Å². The van der Waals surface area contributed by atoms with Crippen LogP contribution in [0.25, 0.3) is 0 Å². The lowest BCUT2D eigenvalue weighted by atomic mass is 10.0. The molecule has 7 atom stereocenters. The minimum absolute atomic E-state index is 0.0245. The summed E-state index contributed by atoms with van der Waals surface area (Å²) in [6.45, 7) is 12.0. The lowest BCUT2D eigenvalue weighted by Gasteiger charge is -2.27. The molecule has 0 aromatic heterocycles. The number of likely N-dealkylation sites (N-methyl/N-ethyl adjacent to an activating group) is 1. The summed E-state index contributed by atoms with van der Waals surface area (Å²) in [5.74, 6) is -6.40. The molecule has 0 unspecified atom stereocenters. The van der Waals surface area contributed by atoms with Crippen LogP contribution in [0.4, 0.5) is 0 Å². The van der Waals surface area contributed by atoms with Crippen molar-refractivity contribution in [1.29, 1.82) is 0 Å². The van der Waals surface area contributed by atoms with Gasteiger partial charge in [-0.05, 0) is 84.5 Å². The van der Waals surface area contributed by atoms with Crippen LogP contribution in [0, 0.1) is 5.92 Å². The second-order valence-corrected chi connectivity index (χ2v) is 16.6. The zero-order valence-corrected chi connectivity index (χ0v) is 41.2. The Bertz CT molecular complexity index is 1480. The van der Waals surface area contributed by atoms with Gasteiger partial charge in [-0.25, -0.2) is 0 Å². The first-order valence-electron chi connectivity index (χ1n) is 23.9. The Morgan fingerprint density at radius 2 is 0.806 bits per heavy atom. The molecule has 0 fully saturated rings. The van der Waals surface area contributed by atoms with Crippen LogP contribution in [0.15, 0.2) is 0 Å². The molecule has 0 aliphatic heterocycles. The van der Waals surface area contributed by atoms with Gasteiger partial charge in [-0.1, -0.05) is 73.1 Å². The number of hydrogen-bond acceptors (Lipinski definition) is 14. The van der Waals surface area contributed by atoms with Gasteiger partial charge >= 0.3 is 0 Å². The Labute approximate surface area is 397 Å². The summed E-state index contributed by atoms with van der Waals surface area (Å²) in [5, 5.41) is 32.4. The third-order valence-corrected chi connectivity index (χ3v) is 9.94. The van der Waals surface area contributed by atoms with Gasteiger partial charge in [-0.2, -0.15) is 0 Å². The van der Waals surface area contributed by atoms with Gasteiger partial charge in [-0.15, -0.1) is 0 Å². The van der Waals surface area contributed by atoms with Crippen molar-refractivity contribution in [3.05, 3.63) is 0 Å². The Hall–Kier alpha value is -4.97. The van der Waals surface area contributed by atoms with Gasteiger partial charge in [0.25, 0.3) is 0 Å². The quantitative estimate of drug-likeness (QED) is 0.0287. The number of aliphatic hydroxyl groups excluding tert-OH is 1. The summed E-state index contributed by atoms with van der Waals surface area (Å²) in [4.78, 5) is 116. The highest BCUT2D eigenvalue weighted by Crippen LogP contribution is 2.08. The molecule has 9 amide bonds. The van der Waals surface area contributed by atoms with Gasteiger partial charge in [0.05, 0.1) is 19.2 Å².